The van der Waals surface area contributed by atoms with Crippen molar-refractivity contribution in [3.63, 3.8) is 0 Å². The Morgan fingerprint density at radius 3 is 1.75 bits per heavy atom. The molecule has 0 amide bonds. The fourth-order valence-corrected chi connectivity index (χ4v) is 6.95. The summed E-state index contributed by atoms with van der Waals surface area (Å²) in [7, 11) is 0. The van der Waals surface area contributed by atoms with Gasteiger partial charge in [0.1, 0.15) is 0 Å². The normalized spacial score (nSPS) is 11.7. The number of allylic oxidation sites excluding steroid dienone is 5. The minimum atomic E-state index is 1.06. The van der Waals surface area contributed by atoms with E-state index in [1.807, 2.05) is 30.4 Å². The van der Waals surface area contributed by atoms with Gasteiger partial charge in [-0.1, -0.05) is 128 Å². The van der Waals surface area contributed by atoms with Crippen LogP contribution in [0.25, 0.3) is 49.7 Å². The smallest absolute Gasteiger partial charge is 0.0542 e. The van der Waals surface area contributed by atoms with E-state index in [4.69, 9.17) is 0 Å². The molecule has 0 saturated heterocycles. The monoisotopic (exact) mass is 669 g/mol. The zero-order valence-corrected chi connectivity index (χ0v) is 29.2. The molecule has 52 heavy (non-hydrogen) atoms. The molecule has 8 aromatic rings. The second kappa shape index (κ2) is 14.6. The van der Waals surface area contributed by atoms with E-state index in [0.29, 0.717) is 0 Å². The third-order valence-electron chi connectivity index (χ3n) is 9.49. The maximum Gasteiger partial charge on any atom is 0.0542 e. The first-order valence-corrected chi connectivity index (χ1v) is 17.6. The summed E-state index contributed by atoms with van der Waals surface area (Å²) in [6.45, 7) is 6.01. The molecule has 0 saturated carbocycles. The zero-order valence-electron chi connectivity index (χ0n) is 29.2. The van der Waals surface area contributed by atoms with Crippen molar-refractivity contribution < 1.29 is 0 Å². The molecule has 0 bridgehead atoms. The van der Waals surface area contributed by atoms with Gasteiger partial charge in [0, 0.05) is 44.9 Å². The van der Waals surface area contributed by atoms with Crippen LogP contribution in [0.5, 0.6) is 0 Å². The van der Waals surface area contributed by atoms with Crippen LogP contribution in [-0.4, -0.2) is 4.57 Å². The highest BCUT2D eigenvalue weighted by Crippen LogP contribution is 2.38. The molecule has 3 heteroatoms. The Morgan fingerprint density at radius 1 is 0.519 bits per heavy atom. The molecular weight excluding hydrogens is 631 g/mol. The van der Waals surface area contributed by atoms with Crippen LogP contribution >= 0.6 is 0 Å². The molecule has 1 heterocycles. The van der Waals surface area contributed by atoms with Gasteiger partial charge >= 0.3 is 0 Å². The van der Waals surface area contributed by atoms with Gasteiger partial charge in [-0.2, -0.15) is 0 Å². The predicted octanol–water partition coefficient (Wildman–Crippen LogP) is 13.6. The Labute approximate surface area is 305 Å². The van der Waals surface area contributed by atoms with Crippen molar-refractivity contribution in [2.75, 3.05) is 10.2 Å². The van der Waals surface area contributed by atoms with Crippen LogP contribution in [-0.2, 0) is 0 Å². The minimum absolute atomic E-state index is 1.06. The molecule has 0 unspecified atom stereocenters. The summed E-state index contributed by atoms with van der Waals surface area (Å²) in [5.41, 5.74) is 13.7. The second-order valence-electron chi connectivity index (χ2n) is 12.8. The quantitative estimate of drug-likeness (QED) is 0.146. The van der Waals surface area contributed by atoms with Gasteiger partial charge in [0.05, 0.1) is 11.0 Å². The van der Waals surface area contributed by atoms with Crippen LogP contribution in [0.1, 0.15) is 6.92 Å². The Balaban J connectivity index is 1.15. The summed E-state index contributed by atoms with van der Waals surface area (Å²) >= 11 is 0. The number of hydrogen-bond donors (Lipinski definition) is 1. The molecule has 1 N–H and O–H groups in total. The minimum Gasteiger partial charge on any atom is -0.356 e. The number of benzene rings is 7. The van der Waals surface area contributed by atoms with Gasteiger partial charge in [-0.25, -0.2) is 0 Å². The summed E-state index contributed by atoms with van der Waals surface area (Å²) in [5, 5.41) is 5.91. The van der Waals surface area contributed by atoms with E-state index in [1.54, 1.807) is 6.08 Å². The first-order chi connectivity index (χ1) is 25.7. The number of fused-ring (bicyclic) bond motifs is 3. The average Bonchev–Trinajstić information content (AvgIpc) is 3.53. The highest BCUT2D eigenvalue weighted by Gasteiger charge is 2.17. The van der Waals surface area contributed by atoms with Crippen molar-refractivity contribution in [2.45, 2.75) is 6.92 Å². The van der Waals surface area contributed by atoms with Crippen LogP contribution in [0.3, 0.4) is 0 Å². The Morgan fingerprint density at radius 2 is 1.06 bits per heavy atom. The lowest BCUT2D eigenvalue weighted by molar-refractivity contribution is 1.15. The van der Waals surface area contributed by atoms with Crippen molar-refractivity contribution in [1.82, 2.24) is 4.57 Å². The number of anilines is 4. The molecule has 7 aromatic carbocycles. The molecule has 1 aromatic heterocycles. The lowest BCUT2D eigenvalue weighted by atomic mass is 10.0. The zero-order chi connectivity index (χ0) is 35.3. The fourth-order valence-electron chi connectivity index (χ4n) is 6.95. The Hall–Kier alpha value is -6.84. The van der Waals surface area contributed by atoms with Crippen molar-refractivity contribution in [1.29, 1.82) is 0 Å². The third-order valence-corrected chi connectivity index (χ3v) is 9.49. The first kappa shape index (κ1) is 32.4. The van der Waals surface area contributed by atoms with E-state index >= 15 is 0 Å². The molecular formula is C49H39N3. The van der Waals surface area contributed by atoms with Crippen LogP contribution in [0.15, 0.2) is 213 Å². The highest BCUT2D eigenvalue weighted by atomic mass is 15.1. The number of nitrogens with one attached hydrogen (secondary N) is 1. The highest BCUT2D eigenvalue weighted by molar-refractivity contribution is 6.10. The maximum atomic E-state index is 3.86. The van der Waals surface area contributed by atoms with Gasteiger partial charge in [-0.05, 0) is 108 Å². The van der Waals surface area contributed by atoms with Crippen molar-refractivity contribution in [3.05, 3.63) is 213 Å². The van der Waals surface area contributed by atoms with Gasteiger partial charge in [0.2, 0.25) is 0 Å². The lowest BCUT2D eigenvalue weighted by Gasteiger charge is -2.26. The molecule has 3 nitrogen and oxygen atoms in total. The topological polar surface area (TPSA) is 20.2 Å². The fraction of sp³-hybridized carbons (Fsp3) is 0.0204. The van der Waals surface area contributed by atoms with E-state index < -0.39 is 0 Å². The van der Waals surface area contributed by atoms with Gasteiger partial charge in [-0.3, -0.25) is 0 Å². The third kappa shape index (κ3) is 6.56. The molecule has 0 aliphatic carbocycles. The van der Waals surface area contributed by atoms with E-state index in [0.717, 1.165) is 34.1 Å². The number of para-hydroxylation sites is 2. The molecule has 0 atom stereocenters. The molecule has 250 valence electrons. The van der Waals surface area contributed by atoms with E-state index in [2.05, 4.69) is 192 Å². The van der Waals surface area contributed by atoms with Crippen LogP contribution in [0.2, 0.25) is 0 Å². The summed E-state index contributed by atoms with van der Waals surface area (Å²) in [6, 6.07) is 62.6. The first-order valence-electron chi connectivity index (χ1n) is 17.6. The molecule has 0 spiro atoms. The molecule has 0 fully saturated rings. The molecule has 0 aliphatic heterocycles. The van der Waals surface area contributed by atoms with Gasteiger partial charge in [0.25, 0.3) is 0 Å². The van der Waals surface area contributed by atoms with Gasteiger partial charge in [0.15, 0.2) is 0 Å². The molecule has 8 rings (SSSR count). The Bertz CT molecular complexity index is 2520. The summed E-state index contributed by atoms with van der Waals surface area (Å²) in [6.07, 6.45) is 7.94. The summed E-state index contributed by atoms with van der Waals surface area (Å²) in [5.74, 6) is 0. The molecule has 0 radical (unpaired) electrons. The number of nitrogens with zero attached hydrogens (tertiary/aromatic N) is 2. The van der Waals surface area contributed by atoms with E-state index in [1.165, 1.54) is 44.1 Å². The van der Waals surface area contributed by atoms with E-state index in [9.17, 15) is 0 Å². The summed E-state index contributed by atoms with van der Waals surface area (Å²) < 4.78 is 2.37. The number of rotatable bonds is 10. The number of aromatic nitrogens is 1. The number of hydrogen-bond acceptors (Lipinski definition) is 2. The van der Waals surface area contributed by atoms with E-state index in [-0.39, 0.29) is 0 Å². The Kier molecular flexibility index (Phi) is 9.06. The second-order valence-corrected chi connectivity index (χ2v) is 12.8. The van der Waals surface area contributed by atoms with Crippen molar-refractivity contribution in [3.8, 4) is 27.9 Å². The van der Waals surface area contributed by atoms with Gasteiger partial charge in [-0.15, -0.1) is 0 Å². The van der Waals surface area contributed by atoms with Crippen molar-refractivity contribution in [2.24, 2.45) is 0 Å². The van der Waals surface area contributed by atoms with Crippen LogP contribution < -0.4 is 10.2 Å². The molecule has 0 aliphatic rings. The summed E-state index contributed by atoms with van der Waals surface area (Å²) in [4.78, 5) is 2.32. The van der Waals surface area contributed by atoms with Crippen molar-refractivity contribution >= 4 is 44.6 Å². The lowest BCUT2D eigenvalue weighted by Crippen LogP contribution is -2.14. The SMILES string of the molecule is C=C/C=C\C=C(/C)N(c1ccc(-c2ccc(Nc3ccccc3)cc2)cc1)c1ccc2c(c1)c1ccccc1n2-c1ccc(-c2ccccc2)cc1. The van der Waals surface area contributed by atoms with Gasteiger partial charge < -0.3 is 14.8 Å². The largest absolute Gasteiger partial charge is 0.356 e. The van der Waals surface area contributed by atoms with Crippen LogP contribution in [0.4, 0.5) is 22.7 Å². The predicted molar refractivity (Wildman–Crippen MR) is 223 cm³/mol. The average molecular weight is 670 g/mol. The maximum absolute atomic E-state index is 3.86. The standard InChI is InChI=1S/C49H39N3/c1-3-4-7-14-36(2)51(43-29-23-40(24-30-43)38-21-27-42(28-22-38)50-41-17-10-6-11-18-41)45-33-34-49-47(35-45)46-19-12-13-20-48(46)52(49)44-31-25-39(26-32-44)37-15-8-5-9-16-37/h3-35,50H,1H2,2H3/b7-4-,36-14+. The van der Waals surface area contributed by atoms with Crippen LogP contribution in [0, 0.1) is 0 Å².